The quantitative estimate of drug-likeness (QED) is 0.326. The van der Waals surface area contributed by atoms with Crippen molar-refractivity contribution in [2.24, 2.45) is 11.8 Å². The molecule has 2 N–H and O–H groups in total. The first-order valence-corrected chi connectivity index (χ1v) is 16.7. The Balaban J connectivity index is 1.91. The molecule has 0 radical (unpaired) electrons. The van der Waals surface area contributed by atoms with Crippen molar-refractivity contribution in [3.63, 3.8) is 0 Å². The van der Waals surface area contributed by atoms with Gasteiger partial charge >= 0.3 is 0 Å². The average Bonchev–Trinajstić information content (AvgIpc) is 3.40. The fourth-order valence-electron chi connectivity index (χ4n) is 4.67. The zero-order valence-corrected chi connectivity index (χ0v) is 26.9. The number of aliphatic hydroxyl groups excluding tert-OH is 1. The Hall–Kier alpha value is -2.71. The van der Waals surface area contributed by atoms with Crippen LogP contribution in [0.1, 0.15) is 40.2 Å². The minimum Gasteiger partial charge on any atom is -0.454 e. The molecule has 3 atom stereocenters. The highest BCUT2D eigenvalue weighted by Gasteiger charge is 2.45. The first-order valence-electron chi connectivity index (χ1n) is 13.8. The Bertz CT molecular complexity index is 1440. The summed E-state index contributed by atoms with van der Waals surface area (Å²) in [6.07, 6.45) is -1.13. The van der Waals surface area contributed by atoms with Gasteiger partial charge in [0.2, 0.25) is 32.7 Å². The van der Waals surface area contributed by atoms with Crippen LogP contribution < -0.4 is 14.8 Å². The molecular formula is C29H43N3O8S2. The number of carbonyl (C=O) groups is 1. The van der Waals surface area contributed by atoms with Crippen molar-refractivity contribution in [1.82, 2.24) is 13.9 Å². The maximum atomic E-state index is 13.8. The third-order valence-corrected chi connectivity index (χ3v) is 12.1. The molecule has 11 nitrogen and oxygen atoms in total. The Labute approximate surface area is 249 Å². The predicted molar refractivity (Wildman–Crippen MR) is 160 cm³/mol. The molecule has 0 aromatic heterocycles. The molecule has 2 aromatic carbocycles. The van der Waals surface area contributed by atoms with Crippen molar-refractivity contribution in [2.45, 2.75) is 62.8 Å². The highest BCUT2D eigenvalue weighted by molar-refractivity contribution is 7.90. The van der Waals surface area contributed by atoms with Gasteiger partial charge < -0.3 is 19.9 Å². The molecule has 0 aliphatic carbocycles. The van der Waals surface area contributed by atoms with Gasteiger partial charge in [0.15, 0.2) is 11.5 Å². The van der Waals surface area contributed by atoms with Gasteiger partial charge in [0.25, 0.3) is 0 Å². The van der Waals surface area contributed by atoms with E-state index in [4.69, 9.17) is 9.47 Å². The van der Waals surface area contributed by atoms with Crippen molar-refractivity contribution in [1.29, 1.82) is 0 Å². The van der Waals surface area contributed by atoms with Crippen LogP contribution in [0.3, 0.4) is 0 Å². The number of nitrogens with one attached hydrogen (secondary N) is 1. The van der Waals surface area contributed by atoms with E-state index in [-0.39, 0.29) is 37.1 Å². The van der Waals surface area contributed by atoms with Crippen LogP contribution in [-0.2, 0) is 31.3 Å². The zero-order valence-electron chi connectivity index (χ0n) is 25.3. The van der Waals surface area contributed by atoms with Gasteiger partial charge in [-0.2, -0.15) is 4.31 Å². The summed E-state index contributed by atoms with van der Waals surface area (Å²) in [6, 6.07) is 12.6. The Morgan fingerprint density at radius 1 is 0.976 bits per heavy atom. The van der Waals surface area contributed by atoms with Gasteiger partial charge in [0.1, 0.15) is 0 Å². The standard InChI is InChI=1S/C29H43N3O8S2/c1-20(2)17-32(41(35,36)23-13-14-26-27(16-23)40-19-39-26)18-25(33)24(15-22-11-9-8-10-12-22)30-28(34)21(3)29(4,5)42(37,38)31(6)7/h8-14,16,20-21,24-25,33H,15,17-19H2,1-7H3,(H,30,34). The molecule has 0 fully saturated rings. The highest BCUT2D eigenvalue weighted by atomic mass is 32.2. The number of benzene rings is 2. The van der Waals surface area contributed by atoms with E-state index in [9.17, 15) is 26.7 Å². The molecule has 3 rings (SSSR count). The van der Waals surface area contributed by atoms with Crippen molar-refractivity contribution in [3.05, 3.63) is 54.1 Å². The minimum atomic E-state index is -4.08. The molecule has 1 aliphatic heterocycles. The number of aliphatic hydroxyl groups is 1. The molecule has 234 valence electrons. The van der Waals surface area contributed by atoms with E-state index in [0.717, 1.165) is 9.87 Å². The number of sulfonamides is 2. The molecule has 1 aliphatic rings. The summed E-state index contributed by atoms with van der Waals surface area (Å²) in [6.45, 7) is 8.04. The summed E-state index contributed by atoms with van der Waals surface area (Å²) in [5.41, 5.74) is 0.809. The van der Waals surface area contributed by atoms with Crippen LogP contribution in [0.2, 0.25) is 0 Å². The number of amides is 1. The van der Waals surface area contributed by atoms with E-state index in [1.807, 2.05) is 44.2 Å². The van der Waals surface area contributed by atoms with Crippen LogP contribution >= 0.6 is 0 Å². The molecule has 1 heterocycles. The summed E-state index contributed by atoms with van der Waals surface area (Å²) in [7, 11) is -5.07. The average molecular weight is 626 g/mol. The lowest BCUT2D eigenvalue weighted by Gasteiger charge is -2.35. The lowest BCUT2D eigenvalue weighted by Crippen LogP contribution is -2.56. The van der Waals surface area contributed by atoms with E-state index < -0.39 is 48.8 Å². The van der Waals surface area contributed by atoms with Crippen molar-refractivity contribution in [2.75, 3.05) is 34.0 Å². The first kappa shape index (κ1) is 33.8. The van der Waals surface area contributed by atoms with Gasteiger partial charge in [-0.05, 0) is 43.9 Å². The molecule has 13 heteroatoms. The SMILES string of the molecule is CC(C)CN(CC(O)C(Cc1ccccc1)NC(=O)C(C)C(C)(C)S(=O)(=O)N(C)C)S(=O)(=O)c1ccc2c(c1)OCO2. The number of ether oxygens (including phenoxy) is 2. The van der Waals surface area contributed by atoms with Crippen LogP contribution in [-0.4, -0.2) is 87.3 Å². The normalized spacial score (nSPS) is 16.1. The first-order chi connectivity index (χ1) is 19.5. The van der Waals surface area contributed by atoms with Gasteiger partial charge in [-0.3, -0.25) is 4.79 Å². The lowest BCUT2D eigenvalue weighted by atomic mass is 9.94. The van der Waals surface area contributed by atoms with E-state index in [2.05, 4.69) is 5.32 Å². The predicted octanol–water partition coefficient (Wildman–Crippen LogP) is 2.46. The molecule has 0 spiro atoms. The van der Waals surface area contributed by atoms with Gasteiger partial charge in [-0.1, -0.05) is 51.1 Å². The molecule has 2 aromatic rings. The summed E-state index contributed by atoms with van der Waals surface area (Å²) >= 11 is 0. The Morgan fingerprint density at radius 3 is 2.19 bits per heavy atom. The molecule has 0 saturated carbocycles. The van der Waals surface area contributed by atoms with Crippen molar-refractivity contribution < 1.29 is 36.2 Å². The number of hydrogen-bond donors (Lipinski definition) is 2. The number of rotatable bonds is 14. The third-order valence-electron chi connectivity index (χ3n) is 7.61. The molecule has 0 saturated heterocycles. The van der Waals surface area contributed by atoms with Crippen molar-refractivity contribution >= 4 is 26.0 Å². The fourth-order valence-corrected chi connectivity index (χ4v) is 7.80. The van der Waals surface area contributed by atoms with E-state index in [1.165, 1.54) is 57.4 Å². The largest absolute Gasteiger partial charge is 0.454 e. The Morgan fingerprint density at radius 2 is 1.60 bits per heavy atom. The molecule has 0 bridgehead atoms. The van der Waals surface area contributed by atoms with Crippen LogP contribution in [0.5, 0.6) is 11.5 Å². The fraction of sp³-hybridized carbons (Fsp3) is 0.552. The maximum absolute atomic E-state index is 13.8. The number of nitrogens with zero attached hydrogens (tertiary/aromatic N) is 2. The summed E-state index contributed by atoms with van der Waals surface area (Å²) in [5.74, 6) is -0.859. The maximum Gasteiger partial charge on any atom is 0.243 e. The minimum absolute atomic E-state index is 0.000800. The van der Waals surface area contributed by atoms with Gasteiger partial charge in [-0.15, -0.1) is 0 Å². The lowest BCUT2D eigenvalue weighted by molar-refractivity contribution is -0.127. The molecular weight excluding hydrogens is 582 g/mol. The second kappa shape index (κ2) is 13.3. The van der Waals surface area contributed by atoms with E-state index in [1.54, 1.807) is 0 Å². The van der Waals surface area contributed by atoms with Crippen LogP contribution in [0, 0.1) is 11.8 Å². The number of hydrogen-bond acceptors (Lipinski definition) is 8. The molecule has 1 amide bonds. The summed E-state index contributed by atoms with van der Waals surface area (Å²) in [5, 5.41) is 14.3. The number of fused-ring (bicyclic) bond motifs is 1. The topological polar surface area (TPSA) is 143 Å². The van der Waals surface area contributed by atoms with E-state index >= 15 is 0 Å². The summed E-state index contributed by atoms with van der Waals surface area (Å²) in [4.78, 5) is 13.5. The van der Waals surface area contributed by atoms with Crippen LogP contribution in [0.25, 0.3) is 0 Å². The van der Waals surface area contributed by atoms with Crippen LogP contribution in [0.4, 0.5) is 0 Å². The van der Waals surface area contributed by atoms with Gasteiger partial charge in [0, 0.05) is 33.3 Å². The highest BCUT2D eigenvalue weighted by Crippen LogP contribution is 2.35. The van der Waals surface area contributed by atoms with Gasteiger partial charge in [-0.25, -0.2) is 21.1 Å². The third kappa shape index (κ3) is 7.43. The van der Waals surface area contributed by atoms with Gasteiger partial charge in [0.05, 0.1) is 27.7 Å². The summed E-state index contributed by atoms with van der Waals surface area (Å²) < 4.78 is 65.0. The smallest absolute Gasteiger partial charge is 0.243 e. The molecule has 3 unspecified atom stereocenters. The van der Waals surface area contributed by atoms with E-state index in [0.29, 0.717) is 11.5 Å². The monoisotopic (exact) mass is 625 g/mol. The van der Waals surface area contributed by atoms with Crippen LogP contribution in [0.15, 0.2) is 53.4 Å². The zero-order chi connectivity index (χ0) is 31.5. The second-order valence-electron chi connectivity index (χ2n) is 11.7. The Kier molecular flexibility index (Phi) is 10.7. The van der Waals surface area contributed by atoms with Crippen molar-refractivity contribution in [3.8, 4) is 11.5 Å². The molecule has 42 heavy (non-hydrogen) atoms. The number of carbonyl (C=O) groups excluding carboxylic acids is 1. The second-order valence-corrected chi connectivity index (χ2v) is 16.4.